The number of likely N-dealkylation sites (tertiary alicyclic amines) is 1. The molecule has 20 heavy (non-hydrogen) atoms. The number of hydrogen-bond donors (Lipinski definition) is 1. The maximum absolute atomic E-state index is 12.6. The molecule has 1 N–H and O–H groups in total. The molecule has 2 aliphatic carbocycles. The Hall–Kier alpha value is -1.06. The van der Waals surface area contributed by atoms with Gasteiger partial charge in [0.2, 0.25) is 5.91 Å². The Morgan fingerprint density at radius 1 is 0.850 bits per heavy atom. The molecule has 4 unspecified atom stereocenters. The molecule has 4 atom stereocenters. The van der Waals surface area contributed by atoms with Gasteiger partial charge in [0.15, 0.2) is 0 Å². The average Bonchev–Trinajstić information content (AvgIpc) is 2.90. The SMILES string of the molecule is O=C(O)C1CCCC(C(=O)N2CC3CCCCC3C2)C1. The van der Waals surface area contributed by atoms with E-state index in [1.807, 2.05) is 0 Å². The summed E-state index contributed by atoms with van der Waals surface area (Å²) >= 11 is 0. The summed E-state index contributed by atoms with van der Waals surface area (Å²) in [7, 11) is 0. The summed E-state index contributed by atoms with van der Waals surface area (Å²) in [4.78, 5) is 25.8. The van der Waals surface area contributed by atoms with Crippen molar-refractivity contribution < 1.29 is 14.7 Å². The molecule has 1 amide bonds. The number of carboxylic acids is 1. The number of aliphatic carboxylic acids is 1. The standard InChI is InChI=1S/C16H25NO3/c18-15(11-6-3-7-12(8-11)16(19)20)17-9-13-4-1-2-5-14(13)10-17/h11-14H,1-10H2,(H,19,20). The van der Waals surface area contributed by atoms with Gasteiger partial charge in [0.05, 0.1) is 5.92 Å². The van der Waals surface area contributed by atoms with Gasteiger partial charge in [0.25, 0.3) is 0 Å². The van der Waals surface area contributed by atoms with Crippen LogP contribution in [-0.2, 0) is 9.59 Å². The van der Waals surface area contributed by atoms with Gasteiger partial charge in [0.1, 0.15) is 0 Å². The monoisotopic (exact) mass is 279 g/mol. The van der Waals surface area contributed by atoms with Crippen molar-refractivity contribution in [2.24, 2.45) is 23.7 Å². The van der Waals surface area contributed by atoms with Crippen LogP contribution in [0.25, 0.3) is 0 Å². The van der Waals surface area contributed by atoms with E-state index >= 15 is 0 Å². The highest BCUT2D eigenvalue weighted by Crippen LogP contribution is 2.38. The molecule has 0 radical (unpaired) electrons. The number of carbonyl (C=O) groups excluding carboxylic acids is 1. The second kappa shape index (κ2) is 5.74. The number of rotatable bonds is 2. The van der Waals surface area contributed by atoms with E-state index in [2.05, 4.69) is 4.90 Å². The fourth-order valence-corrected chi connectivity index (χ4v) is 4.48. The smallest absolute Gasteiger partial charge is 0.306 e. The third kappa shape index (κ3) is 2.70. The molecule has 3 aliphatic rings. The topological polar surface area (TPSA) is 57.6 Å². The Morgan fingerprint density at radius 2 is 1.45 bits per heavy atom. The molecular formula is C16H25NO3. The molecule has 0 aromatic carbocycles. The van der Waals surface area contributed by atoms with Crippen LogP contribution in [0.3, 0.4) is 0 Å². The molecular weight excluding hydrogens is 254 g/mol. The van der Waals surface area contributed by atoms with Crippen LogP contribution in [0.5, 0.6) is 0 Å². The Kier molecular flexibility index (Phi) is 3.99. The largest absolute Gasteiger partial charge is 0.481 e. The van der Waals surface area contributed by atoms with E-state index in [1.54, 1.807) is 0 Å². The summed E-state index contributed by atoms with van der Waals surface area (Å²) < 4.78 is 0. The summed E-state index contributed by atoms with van der Waals surface area (Å²) in [6.45, 7) is 1.86. The molecule has 0 aromatic heterocycles. The van der Waals surface area contributed by atoms with Crippen molar-refractivity contribution in [2.45, 2.75) is 51.4 Å². The second-order valence-corrected chi connectivity index (χ2v) is 6.95. The molecule has 0 aromatic rings. The zero-order valence-corrected chi connectivity index (χ0v) is 12.1. The molecule has 0 spiro atoms. The number of carboxylic acid groups (broad SMARTS) is 1. The van der Waals surface area contributed by atoms with Gasteiger partial charge < -0.3 is 10.0 Å². The summed E-state index contributed by atoms with van der Waals surface area (Å²) in [5, 5.41) is 9.15. The number of amides is 1. The third-order valence-corrected chi connectivity index (χ3v) is 5.66. The molecule has 112 valence electrons. The Labute approximate surface area is 120 Å². The number of hydrogen-bond acceptors (Lipinski definition) is 2. The predicted molar refractivity (Wildman–Crippen MR) is 75.1 cm³/mol. The van der Waals surface area contributed by atoms with Crippen LogP contribution >= 0.6 is 0 Å². The molecule has 3 rings (SSSR count). The van der Waals surface area contributed by atoms with E-state index in [-0.39, 0.29) is 17.7 Å². The minimum Gasteiger partial charge on any atom is -0.481 e. The molecule has 4 nitrogen and oxygen atoms in total. The fraction of sp³-hybridized carbons (Fsp3) is 0.875. The van der Waals surface area contributed by atoms with Crippen LogP contribution in [0, 0.1) is 23.7 Å². The normalized spacial score (nSPS) is 37.5. The van der Waals surface area contributed by atoms with Gasteiger partial charge in [-0.25, -0.2) is 0 Å². The Bertz CT molecular complexity index is 381. The van der Waals surface area contributed by atoms with Crippen molar-refractivity contribution in [3.8, 4) is 0 Å². The lowest BCUT2D eigenvalue weighted by Gasteiger charge is -2.29. The van der Waals surface area contributed by atoms with Gasteiger partial charge in [-0.3, -0.25) is 9.59 Å². The van der Waals surface area contributed by atoms with Crippen molar-refractivity contribution in [3.63, 3.8) is 0 Å². The highest BCUT2D eigenvalue weighted by molar-refractivity contribution is 5.80. The zero-order chi connectivity index (χ0) is 14.1. The minimum absolute atomic E-state index is 0.0370. The predicted octanol–water partition coefficient (Wildman–Crippen LogP) is 2.53. The maximum atomic E-state index is 12.6. The average molecular weight is 279 g/mol. The van der Waals surface area contributed by atoms with Crippen LogP contribution in [0.2, 0.25) is 0 Å². The molecule has 3 fully saturated rings. The molecule has 0 bridgehead atoms. The Balaban J connectivity index is 1.60. The van der Waals surface area contributed by atoms with Gasteiger partial charge in [-0.1, -0.05) is 19.3 Å². The Morgan fingerprint density at radius 3 is 2.05 bits per heavy atom. The van der Waals surface area contributed by atoms with Crippen molar-refractivity contribution in [1.82, 2.24) is 4.90 Å². The molecule has 4 heteroatoms. The van der Waals surface area contributed by atoms with Gasteiger partial charge in [-0.15, -0.1) is 0 Å². The van der Waals surface area contributed by atoms with Crippen LogP contribution in [0.15, 0.2) is 0 Å². The molecule has 1 saturated heterocycles. The van der Waals surface area contributed by atoms with E-state index < -0.39 is 5.97 Å². The van der Waals surface area contributed by atoms with Crippen LogP contribution < -0.4 is 0 Å². The van der Waals surface area contributed by atoms with Crippen molar-refractivity contribution in [1.29, 1.82) is 0 Å². The summed E-state index contributed by atoms with van der Waals surface area (Å²) in [5.74, 6) is 0.605. The van der Waals surface area contributed by atoms with Gasteiger partial charge in [-0.2, -0.15) is 0 Å². The van der Waals surface area contributed by atoms with E-state index in [0.717, 1.165) is 32.4 Å². The minimum atomic E-state index is -0.724. The second-order valence-electron chi connectivity index (χ2n) is 6.95. The fourth-order valence-electron chi connectivity index (χ4n) is 4.48. The molecule has 2 saturated carbocycles. The van der Waals surface area contributed by atoms with Crippen molar-refractivity contribution in [2.75, 3.05) is 13.1 Å². The lowest BCUT2D eigenvalue weighted by Crippen LogP contribution is -2.38. The zero-order valence-electron chi connectivity index (χ0n) is 12.1. The van der Waals surface area contributed by atoms with Gasteiger partial charge in [-0.05, 0) is 43.9 Å². The molecule has 1 heterocycles. The van der Waals surface area contributed by atoms with Crippen molar-refractivity contribution >= 4 is 11.9 Å². The lowest BCUT2D eigenvalue weighted by atomic mass is 9.81. The summed E-state index contributed by atoms with van der Waals surface area (Å²) in [6, 6.07) is 0. The highest BCUT2D eigenvalue weighted by atomic mass is 16.4. The summed E-state index contributed by atoms with van der Waals surface area (Å²) in [5.41, 5.74) is 0. The highest BCUT2D eigenvalue weighted by Gasteiger charge is 2.40. The maximum Gasteiger partial charge on any atom is 0.306 e. The van der Waals surface area contributed by atoms with E-state index in [1.165, 1.54) is 25.7 Å². The van der Waals surface area contributed by atoms with Crippen molar-refractivity contribution in [3.05, 3.63) is 0 Å². The van der Waals surface area contributed by atoms with E-state index in [0.29, 0.717) is 18.3 Å². The number of nitrogens with zero attached hydrogens (tertiary/aromatic N) is 1. The molecule has 1 aliphatic heterocycles. The first-order valence-electron chi connectivity index (χ1n) is 8.16. The quantitative estimate of drug-likeness (QED) is 0.845. The summed E-state index contributed by atoms with van der Waals surface area (Å²) in [6.07, 6.45) is 8.24. The first-order valence-corrected chi connectivity index (χ1v) is 8.16. The van der Waals surface area contributed by atoms with Crippen LogP contribution in [0.1, 0.15) is 51.4 Å². The van der Waals surface area contributed by atoms with Gasteiger partial charge in [0, 0.05) is 19.0 Å². The number of carbonyl (C=O) groups is 2. The third-order valence-electron chi connectivity index (χ3n) is 5.66. The van der Waals surface area contributed by atoms with Gasteiger partial charge >= 0.3 is 5.97 Å². The first-order chi connectivity index (χ1) is 9.65. The number of fused-ring (bicyclic) bond motifs is 1. The van der Waals surface area contributed by atoms with Crippen LogP contribution in [-0.4, -0.2) is 35.0 Å². The lowest BCUT2D eigenvalue weighted by molar-refractivity contribution is -0.145. The van der Waals surface area contributed by atoms with E-state index in [4.69, 9.17) is 5.11 Å². The van der Waals surface area contributed by atoms with E-state index in [9.17, 15) is 9.59 Å². The first kappa shape index (κ1) is 13.9. The van der Waals surface area contributed by atoms with Crippen LogP contribution in [0.4, 0.5) is 0 Å².